The largest absolute Gasteiger partial charge is 0.456 e. The Morgan fingerprint density at radius 1 is 1.27 bits per heavy atom. The molecule has 2 aliphatic rings. The number of aromatic nitrogens is 2. The van der Waals surface area contributed by atoms with E-state index in [1.807, 2.05) is 11.9 Å². The number of carbonyl (C=O) groups is 2. The zero-order valence-corrected chi connectivity index (χ0v) is 20.3. The lowest BCUT2D eigenvalue weighted by molar-refractivity contribution is -0.240. The van der Waals surface area contributed by atoms with Gasteiger partial charge in [0.2, 0.25) is 12.2 Å². The Hall–Kier alpha value is -3.08. The molecule has 0 spiro atoms. The Morgan fingerprint density at radius 2 is 1.97 bits per heavy atom. The van der Waals surface area contributed by atoms with Crippen molar-refractivity contribution < 1.29 is 44.2 Å². The number of hydrogen-bond donors (Lipinski definition) is 6. The SMILES string of the molecule is CCCCN(C)C(=O)C1=C[C@H](O)[C@H](O)[C@@H](O[C@@H](C(N)=O)[C@H]2O[C@@H](n3ccc(=O)[nH]c3=O)[C@H](O)[C@@H]2CO)O1. The quantitative estimate of drug-likeness (QED) is 0.174. The van der Waals surface area contributed by atoms with Crippen LogP contribution in [0.4, 0.5) is 0 Å². The van der Waals surface area contributed by atoms with Crippen molar-refractivity contribution in [1.82, 2.24) is 14.5 Å². The van der Waals surface area contributed by atoms with Gasteiger partial charge in [0.15, 0.2) is 18.1 Å². The van der Waals surface area contributed by atoms with E-state index >= 15 is 0 Å². The van der Waals surface area contributed by atoms with E-state index in [0.29, 0.717) is 13.0 Å². The maximum Gasteiger partial charge on any atom is 0.330 e. The highest BCUT2D eigenvalue weighted by Crippen LogP contribution is 2.36. The molecule has 37 heavy (non-hydrogen) atoms. The van der Waals surface area contributed by atoms with Crippen molar-refractivity contribution in [2.24, 2.45) is 11.7 Å². The molecule has 0 bridgehead atoms. The van der Waals surface area contributed by atoms with Crippen LogP contribution in [0.3, 0.4) is 0 Å². The molecule has 1 aromatic heterocycles. The number of hydrogen-bond acceptors (Lipinski definition) is 11. The Labute approximate surface area is 210 Å². The van der Waals surface area contributed by atoms with Crippen LogP contribution in [-0.2, 0) is 23.8 Å². The predicted octanol–water partition coefficient (Wildman–Crippen LogP) is -3.51. The molecule has 1 fully saturated rings. The number of unbranched alkanes of at least 4 members (excludes halogenated alkanes) is 1. The molecule has 0 aromatic carbocycles. The highest BCUT2D eigenvalue weighted by atomic mass is 16.7. The van der Waals surface area contributed by atoms with Crippen LogP contribution in [0, 0.1) is 5.92 Å². The number of aliphatic hydroxyl groups excluding tert-OH is 4. The number of nitrogens with one attached hydrogen (secondary N) is 1. The van der Waals surface area contributed by atoms with Crippen LogP contribution in [0.1, 0.15) is 26.0 Å². The van der Waals surface area contributed by atoms with Gasteiger partial charge in [-0.3, -0.25) is 23.9 Å². The number of likely N-dealkylation sites (N-methyl/N-ethyl adjacent to an activating group) is 1. The normalized spacial score (nSPS) is 30.3. The Morgan fingerprint density at radius 3 is 2.57 bits per heavy atom. The van der Waals surface area contributed by atoms with E-state index in [-0.39, 0.29) is 5.76 Å². The average molecular weight is 529 g/mol. The van der Waals surface area contributed by atoms with Gasteiger partial charge in [-0.15, -0.1) is 0 Å². The number of primary amides is 1. The summed E-state index contributed by atoms with van der Waals surface area (Å²) in [6, 6.07) is 1.01. The molecular weight excluding hydrogens is 496 g/mol. The summed E-state index contributed by atoms with van der Waals surface area (Å²) in [6.07, 6.45) is -7.68. The zero-order valence-electron chi connectivity index (χ0n) is 20.3. The summed E-state index contributed by atoms with van der Waals surface area (Å²) >= 11 is 0. The van der Waals surface area contributed by atoms with E-state index in [1.165, 1.54) is 11.9 Å². The maximum atomic E-state index is 12.7. The number of carbonyl (C=O) groups excluding carboxylic acids is 2. The minimum atomic E-state index is -1.77. The first-order chi connectivity index (χ1) is 17.5. The molecule has 0 saturated carbocycles. The van der Waals surface area contributed by atoms with Crippen LogP contribution >= 0.6 is 0 Å². The fourth-order valence-corrected chi connectivity index (χ4v) is 4.13. The lowest BCUT2D eigenvalue weighted by Crippen LogP contribution is -2.53. The number of rotatable bonds is 10. The fraction of sp³-hybridized carbons (Fsp3) is 0.636. The van der Waals surface area contributed by atoms with Crippen molar-refractivity contribution in [3.63, 3.8) is 0 Å². The minimum Gasteiger partial charge on any atom is -0.456 e. The van der Waals surface area contributed by atoms with E-state index in [2.05, 4.69) is 0 Å². The summed E-state index contributed by atoms with van der Waals surface area (Å²) in [5, 5.41) is 41.3. The summed E-state index contributed by atoms with van der Waals surface area (Å²) in [5.74, 6) is -3.27. The summed E-state index contributed by atoms with van der Waals surface area (Å²) in [5.41, 5.74) is 3.89. The monoisotopic (exact) mass is 528 g/mol. The van der Waals surface area contributed by atoms with Gasteiger partial charge in [0.1, 0.15) is 24.4 Å². The molecule has 2 amide bonds. The van der Waals surface area contributed by atoms with Crippen LogP contribution in [0.15, 0.2) is 33.7 Å². The second kappa shape index (κ2) is 12.0. The standard InChI is InChI=1S/C22H32N4O11/c1-3-4-6-25(2)19(33)12-8-11(28)15(31)21(35-12)37-17(18(23)32)16-10(9-27)14(30)20(36-16)26-7-5-13(29)24-22(26)34/h5,7-8,10-11,14-17,20-21,27-28,30-31H,3-4,6,9H2,1-2H3,(H2,23,32)(H,24,29,34)/t10-,11-,14+,15-,16-,17+,20+,21+/m0/s1. The minimum absolute atomic E-state index is 0.326. The molecule has 0 radical (unpaired) electrons. The van der Waals surface area contributed by atoms with Crippen molar-refractivity contribution in [3.05, 3.63) is 44.9 Å². The van der Waals surface area contributed by atoms with Crippen LogP contribution in [0.25, 0.3) is 0 Å². The van der Waals surface area contributed by atoms with Gasteiger partial charge in [0, 0.05) is 31.8 Å². The summed E-state index contributed by atoms with van der Waals surface area (Å²) < 4.78 is 17.6. The zero-order chi connectivity index (χ0) is 27.4. The Bertz CT molecular complexity index is 1120. The molecule has 7 N–H and O–H groups in total. The summed E-state index contributed by atoms with van der Waals surface area (Å²) in [4.78, 5) is 52.0. The molecule has 0 unspecified atom stereocenters. The number of amides is 2. The number of aliphatic hydroxyl groups is 4. The van der Waals surface area contributed by atoms with Gasteiger partial charge in [-0.25, -0.2) is 4.79 Å². The molecule has 2 aliphatic heterocycles. The number of nitrogens with zero attached hydrogens (tertiary/aromatic N) is 2. The molecule has 15 nitrogen and oxygen atoms in total. The molecule has 0 aliphatic carbocycles. The van der Waals surface area contributed by atoms with Gasteiger partial charge in [-0.1, -0.05) is 13.3 Å². The van der Waals surface area contributed by atoms with E-state index in [4.69, 9.17) is 19.9 Å². The molecule has 3 heterocycles. The molecule has 206 valence electrons. The topological polar surface area (TPSA) is 227 Å². The van der Waals surface area contributed by atoms with Gasteiger partial charge in [0.05, 0.1) is 6.61 Å². The van der Waals surface area contributed by atoms with Gasteiger partial charge in [0.25, 0.3) is 11.5 Å². The molecule has 15 heteroatoms. The van der Waals surface area contributed by atoms with Gasteiger partial charge in [-0.05, 0) is 12.5 Å². The fourth-order valence-electron chi connectivity index (χ4n) is 4.13. The smallest absolute Gasteiger partial charge is 0.330 e. The molecule has 8 atom stereocenters. The second-order valence-corrected chi connectivity index (χ2v) is 8.88. The van der Waals surface area contributed by atoms with Crippen LogP contribution in [-0.4, -0.2) is 104 Å². The van der Waals surface area contributed by atoms with Crippen molar-refractivity contribution >= 4 is 11.8 Å². The third kappa shape index (κ3) is 6.08. The van der Waals surface area contributed by atoms with Gasteiger partial charge >= 0.3 is 5.69 Å². The number of nitrogens with two attached hydrogens (primary N) is 1. The molecular formula is C22H32N4O11. The van der Waals surface area contributed by atoms with E-state index in [0.717, 1.165) is 29.3 Å². The Balaban J connectivity index is 1.84. The third-order valence-corrected chi connectivity index (χ3v) is 6.24. The number of aromatic amines is 1. The van der Waals surface area contributed by atoms with E-state index in [1.54, 1.807) is 0 Å². The van der Waals surface area contributed by atoms with Gasteiger partial charge < -0.3 is 45.3 Å². The van der Waals surface area contributed by atoms with Crippen molar-refractivity contribution in [1.29, 1.82) is 0 Å². The average Bonchev–Trinajstić information content (AvgIpc) is 3.17. The first-order valence-electron chi connectivity index (χ1n) is 11.7. The second-order valence-electron chi connectivity index (χ2n) is 8.88. The molecule has 3 rings (SSSR count). The van der Waals surface area contributed by atoms with Crippen LogP contribution in [0.5, 0.6) is 0 Å². The van der Waals surface area contributed by atoms with Crippen LogP contribution in [0.2, 0.25) is 0 Å². The van der Waals surface area contributed by atoms with Crippen LogP contribution < -0.4 is 17.0 Å². The number of H-pyrrole nitrogens is 1. The van der Waals surface area contributed by atoms with Crippen molar-refractivity contribution in [2.45, 2.75) is 62.8 Å². The molecule has 1 aromatic rings. The lowest BCUT2D eigenvalue weighted by Gasteiger charge is -2.35. The lowest BCUT2D eigenvalue weighted by atomic mass is 9.94. The number of ether oxygens (including phenoxy) is 3. The first-order valence-corrected chi connectivity index (χ1v) is 11.7. The van der Waals surface area contributed by atoms with Crippen molar-refractivity contribution in [2.75, 3.05) is 20.2 Å². The predicted molar refractivity (Wildman–Crippen MR) is 123 cm³/mol. The third-order valence-electron chi connectivity index (χ3n) is 6.24. The van der Waals surface area contributed by atoms with E-state index < -0.39 is 78.6 Å². The van der Waals surface area contributed by atoms with Gasteiger partial charge in [-0.2, -0.15) is 0 Å². The first kappa shape index (κ1) is 28.5. The Kier molecular flexibility index (Phi) is 9.22. The van der Waals surface area contributed by atoms with E-state index in [9.17, 15) is 39.6 Å². The maximum absolute atomic E-state index is 12.7. The highest BCUT2D eigenvalue weighted by Gasteiger charge is 2.51. The molecule has 1 saturated heterocycles. The summed E-state index contributed by atoms with van der Waals surface area (Å²) in [6.45, 7) is 1.63. The van der Waals surface area contributed by atoms with Crippen molar-refractivity contribution in [3.8, 4) is 0 Å². The highest BCUT2D eigenvalue weighted by molar-refractivity contribution is 5.91. The summed E-state index contributed by atoms with van der Waals surface area (Å²) in [7, 11) is 1.53.